The van der Waals surface area contributed by atoms with Gasteiger partial charge in [-0.15, -0.1) is 0 Å². The van der Waals surface area contributed by atoms with Gasteiger partial charge in [-0.3, -0.25) is 0 Å². The zero-order valence-corrected chi connectivity index (χ0v) is 11.7. The van der Waals surface area contributed by atoms with E-state index in [-0.39, 0.29) is 5.41 Å². The van der Waals surface area contributed by atoms with Gasteiger partial charge in [0.15, 0.2) is 0 Å². The Labute approximate surface area is 115 Å². The lowest BCUT2D eigenvalue weighted by Crippen LogP contribution is -2.30. The average Bonchev–Trinajstić information content (AvgIpc) is 3.03. The van der Waals surface area contributed by atoms with Crippen molar-refractivity contribution in [2.75, 3.05) is 33.4 Å². The predicted molar refractivity (Wildman–Crippen MR) is 75.6 cm³/mol. The van der Waals surface area contributed by atoms with Crippen molar-refractivity contribution in [1.29, 1.82) is 0 Å². The molecule has 1 aromatic carbocycles. The van der Waals surface area contributed by atoms with Gasteiger partial charge in [0.2, 0.25) is 0 Å². The highest BCUT2D eigenvalue weighted by atomic mass is 16.5. The van der Waals surface area contributed by atoms with Crippen molar-refractivity contribution in [1.82, 2.24) is 4.90 Å². The van der Waals surface area contributed by atoms with Crippen molar-refractivity contribution in [2.45, 2.75) is 25.7 Å². The number of hydrogen-bond donors (Lipinski definition) is 1. The van der Waals surface area contributed by atoms with Crippen LogP contribution in [0.2, 0.25) is 0 Å². The van der Waals surface area contributed by atoms with Crippen LogP contribution in [0.15, 0.2) is 18.2 Å². The number of fused-ring (bicyclic) bond motifs is 1. The summed E-state index contributed by atoms with van der Waals surface area (Å²) in [6, 6.07) is 6.57. The fourth-order valence-corrected chi connectivity index (χ4v) is 2.91. The van der Waals surface area contributed by atoms with Gasteiger partial charge in [-0.05, 0) is 43.5 Å². The third-order valence-corrected chi connectivity index (χ3v) is 4.43. The molecule has 1 fully saturated rings. The van der Waals surface area contributed by atoms with Crippen LogP contribution in [0.1, 0.15) is 24.0 Å². The summed E-state index contributed by atoms with van der Waals surface area (Å²) in [5, 5.41) is 9.36. The third-order valence-electron chi connectivity index (χ3n) is 4.43. The number of ether oxygens (including phenoxy) is 1. The number of likely N-dealkylation sites (N-methyl/N-ethyl adjacent to an activating group) is 1. The molecule has 1 N–H and O–H groups in total. The van der Waals surface area contributed by atoms with Crippen LogP contribution in [0.3, 0.4) is 0 Å². The quantitative estimate of drug-likeness (QED) is 0.848. The summed E-state index contributed by atoms with van der Waals surface area (Å²) in [5.74, 6) is 1.06. The van der Waals surface area contributed by atoms with Crippen LogP contribution in [0, 0.1) is 5.41 Å². The number of rotatable bonds is 6. The van der Waals surface area contributed by atoms with Crippen molar-refractivity contribution < 1.29 is 9.84 Å². The minimum atomic E-state index is 0.223. The van der Waals surface area contributed by atoms with Gasteiger partial charge in [-0.25, -0.2) is 0 Å². The zero-order valence-electron chi connectivity index (χ0n) is 11.7. The van der Waals surface area contributed by atoms with Crippen molar-refractivity contribution in [3.63, 3.8) is 0 Å². The van der Waals surface area contributed by atoms with E-state index < -0.39 is 0 Å². The van der Waals surface area contributed by atoms with Gasteiger partial charge in [0, 0.05) is 31.5 Å². The first-order chi connectivity index (χ1) is 9.21. The molecule has 3 rings (SSSR count). The van der Waals surface area contributed by atoms with Gasteiger partial charge >= 0.3 is 0 Å². The highest BCUT2D eigenvalue weighted by molar-refractivity contribution is 5.39. The van der Waals surface area contributed by atoms with Gasteiger partial charge in [-0.1, -0.05) is 12.1 Å². The number of nitrogens with zero attached hydrogens (tertiary/aromatic N) is 1. The lowest BCUT2D eigenvalue weighted by molar-refractivity contribution is 0.165. The minimum Gasteiger partial charge on any atom is -0.493 e. The molecular formula is C16H23NO2. The molecule has 0 radical (unpaired) electrons. The summed E-state index contributed by atoms with van der Waals surface area (Å²) >= 11 is 0. The molecule has 0 aromatic heterocycles. The van der Waals surface area contributed by atoms with Gasteiger partial charge in [0.1, 0.15) is 5.75 Å². The second kappa shape index (κ2) is 5.14. The van der Waals surface area contributed by atoms with E-state index in [1.54, 1.807) is 0 Å². The Morgan fingerprint density at radius 2 is 2.21 bits per heavy atom. The van der Waals surface area contributed by atoms with Crippen LogP contribution in [0.5, 0.6) is 5.75 Å². The number of hydrogen-bond acceptors (Lipinski definition) is 3. The second-order valence-electron chi connectivity index (χ2n) is 6.19. The molecule has 0 bridgehead atoms. The Morgan fingerprint density at radius 3 is 2.95 bits per heavy atom. The maximum atomic E-state index is 9.36. The molecule has 3 nitrogen and oxygen atoms in total. The van der Waals surface area contributed by atoms with Crippen molar-refractivity contribution >= 4 is 0 Å². The molecule has 3 heteroatoms. The molecule has 1 saturated carbocycles. The molecule has 1 aromatic rings. The van der Waals surface area contributed by atoms with E-state index in [0.29, 0.717) is 6.61 Å². The maximum Gasteiger partial charge on any atom is 0.122 e. The molecule has 1 aliphatic carbocycles. The van der Waals surface area contributed by atoms with Gasteiger partial charge in [0.05, 0.1) is 6.61 Å². The Hall–Kier alpha value is -1.06. The molecule has 1 aliphatic heterocycles. The Kier molecular flexibility index (Phi) is 3.50. The molecule has 104 valence electrons. The first kappa shape index (κ1) is 12.9. The Morgan fingerprint density at radius 1 is 1.37 bits per heavy atom. The van der Waals surface area contributed by atoms with Crippen LogP contribution in [-0.4, -0.2) is 43.4 Å². The minimum absolute atomic E-state index is 0.223. The molecule has 19 heavy (non-hydrogen) atoms. The molecular weight excluding hydrogens is 238 g/mol. The Balaban J connectivity index is 1.51. The zero-order chi connectivity index (χ0) is 13.3. The standard InChI is InChI=1S/C16H23NO2/c1-17(11-16(12-18)6-7-16)8-4-13-2-3-15-14(10-13)5-9-19-15/h2-3,10,18H,4-9,11-12H2,1H3. The SMILES string of the molecule is CN(CCc1ccc2c(c1)CCO2)CC1(CO)CC1. The molecule has 1 heterocycles. The molecule has 0 saturated heterocycles. The highest BCUT2D eigenvalue weighted by Gasteiger charge is 2.42. The summed E-state index contributed by atoms with van der Waals surface area (Å²) < 4.78 is 5.53. The van der Waals surface area contributed by atoms with Gasteiger partial charge in [-0.2, -0.15) is 0 Å². The predicted octanol–water partition coefficient (Wildman–Crippen LogP) is 1.87. The second-order valence-corrected chi connectivity index (χ2v) is 6.19. The average molecular weight is 261 g/mol. The molecule has 0 atom stereocenters. The normalized spacial score (nSPS) is 19.3. The third kappa shape index (κ3) is 2.93. The fourth-order valence-electron chi connectivity index (χ4n) is 2.91. The maximum absolute atomic E-state index is 9.36. The summed E-state index contributed by atoms with van der Waals surface area (Å²) in [7, 11) is 2.16. The van der Waals surface area contributed by atoms with Crippen LogP contribution in [-0.2, 0) is 12.8 Å². The molecule has 0 amide bonds. The molecule has 2 aliphatic rings. The van der Waals surface area contributed by atoms with Crippen LogP contribution in [0.4, 0.5) is 0 Å². The van der Waals surface area contributed by atoms with Crippen LogP contribution >= 0.6 is 0 Å². The van der Waals surface area contributed by atoms with Crippen LogP contribution in [0.25, 0.3) is 0 Å². The number of aliphatic hydroxyl groups excluding tert-OH is 1. The van der Waals surface area contributed by atoms with Crippen molar-refractivity contribution in [2.24, 2.45) is 5.41 Å². The first-order valence-electron chi connectivity index (χ1n) is 7.25. The summed E-state index contributed by atoms with van der Waals surface area (Å²) in [6.07, 6.45) is 4.49. The Bertz CT molecular complexity index is 454. The topological polar surface area (TPSA) is 32.7 Å². The van der Waals surface area contributed by atoms with Gasteiger partial charge in [0.25, 0.3) is 0 Å². The van der Waals surface area contributed by atoms with E-state index in [4.69, 9.17) is 4.74 Å². The lowest BCUT2D eigenvalue weighted by Gasteiger charge is -2.22. The number of aliphatic hydroxyl groups is 1. The summed E-state index contributed by atoms with van der Waals surface area (Å²) in [5.41, 5.74) is 2.97. The first-order valence-corrected chi connectivity index (χ1v) is 7.25. The van der Waals surface area contributed by atoms with Crippen molar-refractivity contribution in [3.8, 4) is 5.75 Å². The molecule has 0 spiro atoms. The van der Waals surface area contributed by atoms with E-state index in [0.717, 1.165) is 38.3 Å². The van der Waals surface area contributed by atoms with E-state index in [1.807, 2.05) is 0 Å². The number of benzene rings is 1. The van der Waals surface area contributed by atoms with Gasteiger partial charge < -0.3 is 14.7 Å². The molecule has 0 unspecified atom stereocenters. The van der Waals surface area contributed by atoms with E-state index in [9.17, 15) is 5.11 Å². The van der Waals surface area contributed by atoms with Crippen molar-refractivity contribution in [3.05, 3.63) is 29.3 Å². The van der Waals surface area contributed by atoms with Crippen LogP contribution < -0.4 is 4.74 Å². The summed E-state index contributed by atoms with van der Waals surface area (Å²) in [4.78, 5) is 2.35. The van der Waals surface area contributed by atoms with E-state index in [1.165, 1.54) is 24.0 Å². The largest absolute Gasteiger partial charge is 0.493 e. The van der Waals surface area contributed by atoms with E-state index in [2.05, 4.69) is 30.1 Å². The summed E-state index contributed by atoms with van der Waals surface area (Å²) in [6.45, 7) is 3.25. The lowest BCUT2D eigenvalue weighted by atomic mass is 10.1. The highest BCUT2D eigenvalue weighted by Crippen LogP contribution is 2.45. The monoisotopic (exact) mass is 261 g/mol. The fraction of sp³-hybridized carbons (Fsp3) is 0.625. The van der Waals surface area contributed by atoms with E-state index >= 15 is 0 Å². The smallest absolute Gasteiger partial charge is 0.122 e.